The number of nitrogens with zero attached hydrogens (tertiary/aromatic N) is 1. The second kappa shape index (κ2) is 7.11. The third kappa shape index (κ3) is 4.21. The molecule has 1 aliphatic heterocycles. The van der Waals surface area contributed by atoms with E-state index in [-0.39, 0.29) is 18.4 Å². The fourth-order valence-electron chi connectivity index (χ4n) is 2.47. The monoisotopic (exact) mass is 291 g/mol. The van der Waals surface area contributed by atoms with E-state index in [1.165, 1.54) is 5.56 Å². The maximum Gasteiger partial charge on any atom is 0.306 e. The lowest BCUT2D eigenvalue weighted by molar-refractivity contribution is -0.146. The number of aliphatic carboxylic acids is 1. The van der Waals surface area contributed by atoms with Crippen LogP contribution in [0.25, 0.3) is 0 Å². The Morgan fingerprint density at radius 3 is 2.67 bits per heavy atom. The quantitative estimate of drug-likeness (QED) is 0.900. The van der Waals surface area contributed by atoms with Gasteiger partial charge in [0.05, 0.1) is 5.92 Å². The Hall–Kier alpha value is -2.04. The first kappa shape index (κ1) is 15.4. The molecule has 1 aromatic rings. The minimum atomic E-state index is -0.769. The Kier molecular flexibility index (Phi) is 5.20. The summed E-state index contributed by atoms with van der Waals surface area (Å²) in [5.41, 5.74) is 1.17. The smallest absolute Gasteiger partial charge is 0.306 e. The molecule has 0 bridgehead atoms. The minimum absolute atomic E-state index is 0.00487. The number of carbonyl (C=O) groups is 2. The summed E-state index contributed by atoms with van der Waals surface area (Å²) in [5, 5.41) is 8.94. The van der Waals surface area contributed by atoms with Crippen molar-refractivity contribution in [2.45, 2.75) is 26.2 Å². The first-order valence-corrected chi connectivity index (χ1v) is 7.32. The number of ether oxygens (including phenoxy) is 1. The lowest BCUT2D eigenvalue weighted by atomic mass is 9.97. The zero-order valence-electron chi connectivity index (χ0n) is 12.2. The molecule has 1 N–H and O–H groups in total. The molecule has 0 atom stereocenters. The van der Waals surface area contributed by atoms with Gasteiger partial charge < -0.3 is 14.7 Å². The van der Waals surface area contributed by atoms with Gasteiger partial charge in [-0.25, -0.2) is 0 Å². The van der Waals surface area contributed by atoms with Crippen LogP contribution in [0.3, 0.4) is 0 Å². The first-order valence-electron chi connectivity index (χ1n) is 7.32. The van der Waals surface area contributed by atoms with Gasteiger partial charge in [0, 0.05) is 13.1 Å². The molecule has 1 amide bonds. The molecule has 21 heavy (non-hydrogen) atoms. The molecule has 1 fully saturated rings. The van der Waals surface area contributed by atoms with Crippen molar-refractivity contribution in [1.82, 2.24) is 4.90 Å². The number of likely N-dealkylation sites (tertiary alicyclic amines) is 1. The van der Waals surface area contributed by atoms with Crippen molar-refractivity contribution in [3.05, 3.63) is 29.8 Å². The van der Waals surface area contributed by atoms with Crippen LogP contribution >= 0.6 is 0 Å². The minimum Gasteiger partial charge on any atom is -0.484 e. The summed E-state index contributed by atoms with van der Waals surface area (Å²) >= 11 is 0. The van der Waals surface area contributed by atoms with Crippen LogP contribution in [-0.4, -0.2) is 41.6 Å². The van der Waals surface area contributed by atoms with Crippen LogP contribution in [-0.2, 0) is 16.0 Å². The highest BCUT2D eigenvalue weighted by molar-refractivity contribution is 5.78. The summed E-state index contributed by atoms with van der Waals surface area (Å²) in [6.45, 7) is 3.06. The van der Waals surface area contributed by atoms with E-state index in [1.54, 1.807) is 4.90 Å². The molecule has 0 unspecified atom stereocenters. The third-order valence-electron chi connectivity index (χ3n) is 3.87. The fourth-order valence-corrected chi connectivity index (χ4v) is 2.47. The number of amides is 1. The van der Waals surface area contributed by atoms with Crippen molar-refractivity contribution in [2.75, 3.05) is 19.7 Å². The Labute approximate surface area is 124 Å². The van der Waals surface area contributed by atoms with Crippen LogP contribution in [0.4, 0.5) is 0 Å². The van der Waals surface area contributed by atoms with E-state index < -0.39 is 5.97 Å². The molecule has 2 rings (SSSR count). The Morgan fingerprint density at radius 2 is 2.05 bits per heavy atom. The predicted octanol–water partition coefficient (Wildman–Crippen LogP) is 1.95. The number of piperidine rings is 1. The maximum absolute atomic E-state index is 12.1. The highest BCUT2D eigenvalue weighted by Gasteiger charge is 2.26. The Bertz CT molecular complexity index is 507. The number of carbonyl (C=O) groups excluding carboxylic acids is 1. The number of aryl methyl sites for hydroxylation is 1. The molecule has 0 spiro atoms. The van der Waals surface area contributed by atoms with Gasteiger partial charge in [-0.05, 0) is 37.0 Å². The third-order valence-corrected chi connectivity index (χ3v) is 3.87. The average molecular weight is 291 g/mol. The number of hydrogen-bond acceptors (Lipinski definition) is 3. The van der Waals surface area contributed by atoms with Gasteiger partial charge in [-0.3, -0.25) is 9.59 Å². The fraction of sp³-hybridized carbons (Fsp3) is 0.500. The molecule has 5 nitrogen and oxygen atoms in total. The lowest BCUT2D eigenvalue weighted by Crippen LogP contribution is -2.42. The Morgan fingerprint density at radius 1 is 1.33 bits per heavy atom. The SMILES string of the molecule is CCc1cccc(OCC(=O)N2CCC(C(=O)O)CC2)c1. The Balaban J connectivity index is 1.81. The molecule has 1 aromatic carbocycles. The highest BCUT2D eigenvalue weighted by Crippen LogP contribution is 2.18. The zero-order chi connectivity index (χ0) is 15.2. The zero-order valence-corrected chi connectivity index (χ0v) is 12.2. The van der Waals surface area contributed by atoms with Crippen LogP contribution in [0.2, 0.25) is 0 Å². The summed E-state index contributed by atoms with van der Waals surface area (Å²) in [7, 11) is 0. The number of carboxylic acid groups (broad SMARTS) is 1. The molecule has 0 aliphatic carbocycles. The van der Waals surface area contributed by atoms with Gasteiger partial charge in [0.2, 0.25) is 0 Å². The summed E-state index contributed by atoms with van der Waals surface area (Å²) in [6.07, 6.45) is 1.96. The summed E-state index contributed by atoms with van der Waals surface area (Å²) < 4.78 is 5.53. The van der Waals surface area contributed by atoms with E-state index in [1.807, 2.05) is 24.3 Å². The lowest BCUT2D eigenvalue weighted by Gasteiger charge is -2.30. The normalized spacial score (nSPS) is 15.8. The van der Waals surface area contributed by atoms with Gasteiger partial charge in [-0.15, -0.1) is 0 Å². The van der Waals surface area contributed by atoms with Crippen molar-refractivity contribution in [1.29, 1.82) is 0 Å². The topological polar surface area (TPSA) is 66.8 Å². The molecule has 5 heteroatoms. The van der Waals surface area contributed by atoms with E-state index in [4.69, 9.17) is 9.84 Å². The van der Waals surface area contributed by atoms with Gasteiger partial charge in [0.15, 0.2) is 6.61 Å². The van der Waals surface area contributed by atoms with Crippen molar-refractivity contribution in [2.24, 2.45) is 5.92 Å². The largest absolute Gasteiger partial charge is 0.484 e. The second-order valence-corrected chi connectivity index (χ2v) is 5.28. The van der Waals surface area contributed by atoms with Crippen molar-refractivity contribution >= 4 is 11.9 Å². The summed E-state index contributed by atoms with van der Waals surface area (Å²) in [4.78, 5) is 24.6. The van der Waals surface area contributed by atoms with E-state index in [9.17, 15) is 9.59 Å². The van der Waals surface area contributed by atoms with Gasteiger partial charge >= 0.3 is 5.97 Å². The van der Waals surface area contributed by atoms with Crippen molar-refractivity contribution < 1.29 is 19.4 Å². The first-order chi connectivity index (χ1) is 10.1. The van der Waals surface area contributed by atoms with Crippen molar-refractivity contribution in [3.63, 3.8) is 0 Å². The van der Waals surface area contributed by atoms with E-state index in [0.717, 1.165) is 6.42 Å². The van der Waals surface area contributed by atoms with Crippen LogP contribution < -0.4 is 4.74 Å². The standard InChI is InChI=1S/C16H21NO4/c1-2-12-4-3-5-14(10-12)21-11-15(18)17-8-6-13(7-9-17)16(19)20/h3-5,10,13H,2,6-9,11H2,1H3,(H,19,20). The van der Waals surface area contributed by atoms with Crippen LogP contribution in [0.15, 0.2) is 24.3 Å². The molecular formula is C16H21NO4. The van der Waals surface area contributed by atoms with E-state index in [0.29, 0.717) is 31.7 Å². The van der Waals surface area contributed by atoms with Gasteiger partial charge in [0.25, 0.3) is 5.91 Å². The van der Waals surface area contributed by atoms with Gasteiger partial charge in [0.1, 0.15) is 5.75 Å². The van der Waals surface area contributed by atoms with Crippen LogP contribution in [0.5, 0.6) is 5.75 Å². The van der Waals surface area contributed by atoms with Crippen molar-refractivity contribution in [3.8, 4) is 5.75 Å². The van der Waals surface area contributed by atoms with E-state index in [2.05, 4.69) is 6.92 Å². The molecule has 1 aliphatic rings. The molecule has 0 radical (unpaired) electrons. The molecule has 114 valence electrons. The van der Waals surface area contributed by atoms with Gasteiger partial charge in [-0.1, -0.05) is 19.1 Å². The molecule has 1 saturated heterocycles. The number of rotatable bonds is 5. The summed E-state index contributed by atoms with van der Waals surface area (Å²) in [6, 6.07) is 7.70. The molecule has 0 aromatic heterocycles. The second-order valence-electron chi connectivity index (χ2n) is 5.28. The predicted molar refractivity (Wildman–Crippen MR) is 78.3 cm³/mol. The van der Waals surface area contributed by atoms with Gasteiger partial charge in [-0.2, -0.15) is 0 Å². The number of hydrogen-bond donors (Lipinski definition) is 1. The molecule has 1 heterocycles. The average Bonchev–Trinajstić information content (AvgIpc) is 2.53. The number of carboxylic acids is 1. The molecule has 0 saturated carbocycles. The molecular weight excluding hydrogens is 270 g/mol. The number of benzene rings is 1. The van der Waals surface area contributed by atoms with Crippen LogP contribution in [0, 0.1) is 5.92 Å². The summed E-state index contributed by atoms with van der Waals surface area (Å²) in [5.74, 6) is -0.477. The van der Waals surface area contributed by atoms with Crippen LogP contribution in [0.1, 0.15) is 25.3 Å². The highest BCUT2D eigenvalue weighted by atomic mass is 16.5. The van der Waals surface area contributed by atoms with E-state index >= 15 is 0 Å². The maximum atomic E-state index is 12.1.